The van der Waals surface area contributed by atoms with E-state index >= 15 is 0 Å². The van der Waals surface area contributed by atoms with Gasteiger partial charge in [0.15, 0.2) is 0 Å². The van der Waals surface area contributed by atoms with Crippen LogP contribution in [0.3, 0.4) is 0 Å². The third kappa shape index (κ3) is 2.50. The standard InChI is InChI=1S/C15H19BrO3/c1-10-8-11(13(19-2)12(16)9-10)15(14(17)18)6-4-3-5-7-15/h8-9H,3-7H2,1-2H3,(H,17,18). The SMILES string of the molecule is COc1c(Br)cc(C)cc1C1(C(=O)O)CCCCC1. The van der Waals surface area contributed by atoms with E-state index in [0.29, 0.717) is 18.6 Å². The Balaban J connectivity index is 2.62. The fourth-order valence-electron chi connectivity index (χ4n) is 3.05. The van der Waals surface area contributed by atoms with Crippen molar-refractivity contribution >= 4 is 21.9 Å². The molecule has 0 saturated heterocycles. The van der Waals surface area contributed by atoms with Crippen LogP contribution in [0, 0.1) is 6.92 Å². The summed E-state index contributed by atoms with van der Waals surface area (Å²) >= 11 is 3.48. The number of hydrogen-bond acceptors (Lipinski definition) is 2. The van der Waals surface area contributed by atoms with Crippen LogP contribution in [-0.2, 0) is 10.2 Å². The fourth-order valence-corrected chi connectivity index (χ4v) is 3.78. The molecular weight excluding hydrogens is 308 g/mol. The summed E-state index contributed by atoms with van der Waals surface area (Å²) in [6.07, 6.45) is 4.41. The Labute approximate surface area is 122 Å². The van der Waals surface area contributed by atoms with Crippen molar-refractivity contribution in [2.45, 2.75) is 44.4 Å². The van der Waals surface area contributed by atoms with Crippen LogP contribution in [-0.4, -0.2) is 18.2 Å². The van der Waals surface area contributed by atoms with Gasteiger partial charge in [-0.1, -0.05) is 25.3 Å². The van der Waals surface area contributed by atoms with Crippen molar-refractivity contribution in [2.75, 3.05) is 7.11 Å². The zero-order valence-electron chi connectivity index (χ0n) is 11.3. The van der Waals surface area contributed by atoms with E-state index < -0.39 is 11.4 Å². The molecule has 0 aliphatic heterocycles. The second kappa shape index (κ2) is 5.53. The first-order valence-corrected chi connectivity index (χ1v) is 7.38. The molecule has 1 aromatic carbocycles. The topological polar surface area (TPSA) is 46.5 Å². The maximum atomic E-state index is 11.9. The Hall–Kier alpha value is -1.03. The quantitative estimate of drug-likeness (QED) is 0.911. The molecule has 0 unspecified atom stereocenters. The first-order valence-electron chi connectivity index (χ1n) is 6.59. The molecule has 4 heteroatoms. The predicted octanol–water partition coefficient (Wildman–Crippen LogP) is 4.05. The smallest absolute Gasteiger partial charge is 0.314 e. The summed E-state index contributed by atoms with van der Waals surface area (Å²) < 4.78 is 6.28. The molecule has 1 aliphatic carbocycles. The Morgan fingerprint density at radius 2 is 1.95 bits per heavy atom. The lowest BCUT2D eigenvalue weighted by Gasteiger charge is -2.35. The summed E-state index contributed by atoms with van der Waals surface area (Å²) in [4.78, 5) is 11.9. The molecule has 2 rings (SSSR count). The number of carbonyl (C=O) groups is 1. The van der Waals surface area contributed by atoms with E-state index in [4.69, 9.17) is 4.74 Å². The number of halogens is 1. The van der Waals surface area contributed by atoms with Crippen molar-refractivity contribution < 1.29 is 14.6 Å². The predicted molar refractivity (Wildman–Crippen MR) is 77.8 cm³/mol. The van der Waals surface area contributed by atoms with Crippen LogP contribution in [0.25, 0.3) is 0 Å². The first kappa shape index (κ1) is 14.4. The van der Waals surface area contributed by atoms with Crippen LogP contribution in [0.15, 0.2) is 16.6 Å². The molecule has 0 bridgehead atoms. The Kier molecular flexibility index (Phi) is 4.19. The molecule has 1 fully saturated rings. The van der Waals surface area contributed by atoms with Crippen molar-refractivity contribution in [2.24, 2.45) is 0 Å². The third-order valence-corrected chi connectivity index (χ3v) is 4.61. The average Bonchev–Trinajstić information content (AvgIpc) is 2.38. The molecule has 0 radical (unpaired) electrons. The van der Waals surface area contributed by atoms with Crippen LogP contribution in [0.1, 0.15) is 43.2 Å². The lowest BCUT2D eigenvalue weighted by Crippen LogP contribution is -2.38. The molecule has 1 aliphatic rings. The van der Waals surface area contributed by atoms with Gasteiger partial charge in [-0.2, -0.15) is 0 Å². The molecule has 1 N–H and O–H groups in total. The van der Waals surface area contributed by atoms with E-state index in [1.807, 2.05) is 19.1 Å². The van der Waals surface area contributed by atoms with Gasteiger partial charge in [0, 0.05) is 5.56 Å². The monoisotopic (exact) mass is 326 g/mol. The van der Waals surface area contributed by atoms with Gasteiger partial charge < -0.3 is 9.84 Å². The lowest BCUT2D eigenvalue weighted by molar-refractivity contribution is -0.145. The molecule has 104 valence electrons. The van der Waals surface area contributed by atoms with Gasteiger partial charge in [-0.05, 0) is 47.3 Å². The molecular formula is C15H19BrO3. The van der Waals surface area contributed by atoms with Gasteiger partial charge in [-0.25, -0.2) is 0 Å². The molecule has 3 nitrogen and oxygen atoms in total. The molecule has 0 aromatic heterocycles. The maximum Gasteiger partial charge on any atom is 0.314 e. The number of methoxy groups -OCH3 is 1. The zero-order valence-corrected chi connectivity index (χ0v) is 12.9. The summed E-state index contributed by atoms with van der Waals surface area (Å²) in [5.74, 6) is -0.0714. The Morgan fingerprint density at radius 3 is 2.47 bits per heavy atom. The number of carboxylic acids is 1. The molecule has 19 heavy (non-hydrogen) atoms. The summed E-state index contributed by atoms with van der Waals surface area (Å²) in [6, 6.07) is 3.92. The first-order chi connectivity index (χ1) is 9.01. The molecule has 0 spiro atoms. The second-order valence-electron chi connectivity index (χ2n) is 5.28. The van der Waals surface area contributed by atoms with Crippen molar-refractivity contribution in [3.8, 4) is 5.75 Å². The van der Waals surface area contributed by atoms with Gasteiger partial charge in [0.2, 0.25) is 0 Å². The number of hydrogen-bond donors (Lipinski definition) is 1. The minimum absolute atomic E-state index is 0.662. The van der Waals surface area contributed by atoms with Crippen LogP contribution >= 0.6 is 15.9 Å². The Bertz CT molecular complexity index is 490. The van der Waals surface area contributed by atoms with Crippen LogP contribution in [0.5, 0.6) is 5.75 Å². The van der Waals surface area contributed by atoms with Gasteiger partial charge in [0.05, 0.1) is 17.0 Å². The third-order valence-electron chi connectivity index (χ3n) is 4.02. The largest absolute Gasteiger partial charge is 0.495 e. The van der Waals surface area contributed by atoms with E-state index in [0.717, 1.165) is 34.9 Å². The van der Waals surface area contributed by atoms with E-state index in [2.05, 4.69) is 15.9 Å². The van der Waals surface area contributed by atoms with Crippen molar-refractivity contribution in [1.29, 1.82) is 0 Å². The highest BCUT2D eigenvalue weighted by atomic mass is 79.9. The Morgan fingerprint density at radius 1 is 1.32 bits per heavy atom. The number of carboxylic acid groups (broad SMARTS) is 1. The number of ether oxygens (including phenoxy) is 1. The van der Waals surface area contributed by atoms with Crippen molar-refractivity contribution in [1.82, 2.24) is 0 Å². The normalized spacial score (nSPS) is 18.1. The van der Waals surface area contributed by atoms with E-state index in [9.17, 15) is 9.90 Å². The fraction of sp³-hybridized carbons (Fsp3) is 0.533. The second-order valence-corrected chi connectivity index (χ2v) is 6.13. The summed E-state index contributed by atoms with van der Waals surface area (Å²) in [7, 11) is 1.59. The highest BCUT2D eigenvalue weighted by molar-refractivity contribution is 9.10. The van der Waals surface area contributed by atoms with Gasteiger partial charge in [0.1, 0.15) is 5.75 Å². The number of rotatable bonds is 3. The van der Waals surface area contributed by atoms with Gasteiger partial charge in [-0.3, -0.25) is 4.79 Å². The zero-order chi connectivity index (χ0) is 14.0. The summed E-state index contributed by atoms with van der Waals surface area (Å²) in [6.45, 7) is 1.98. The van der Waals surface area contributed by atoms with E-state index in [-0.39, 0.29) is 0 Å². The molecule has 0 amide bonds. The number of benzene rings is 1. The van der Waals surface area contributed by atoms with Gasteiger partial charge >= 0.3 is 5.97 Å². The van der Waals surface area contributed by atoms with Gasteiger partial charge in [0.25, 0.3) is 0 Å². The van der Waals surface area contributed by atoms with Crippen molar-refractivity contribution in [3.63, 3.8) is 0 Å². The van der Waals surface area contributed by atoms with Crippen LogP contribution in [0.2, 0.25) is 0 Å². The lowest BCUT2D eigenvalue weighted by atomic mass is 9.69. The van der Waals surface area contributed by atoms with Gasteiger partial charge in [-0.15, -0.1) is 0 Å². The molecule has 0 heterocycles. The highest BCUT2D eigenvalue weighted by Crippen LogP contribution is 2.46. The average molecular weight is 327 g/mol. The molecule has 1 aromatic rings. The molecule has 1 saturated carbocycles. The summed E-state index contributed by atoms with van der Waals surface area (Å²) in [5, 5.41) is 9.77. The highest BCUT2D eigenvalue weighted by Gasteiger charge is 2.43. The van der Waals surface area contributed by atoms with Crippen molar-refractivity contribution in [3.05, 3.63) is 27.7 Å². The van der Waals surface area contributed by atoms with E-state index in [1.54, 1.807) is 7.11 Å². The van der Waals surface area contributed by atoms with Crippen LogP contribution in [0.4, 0.5) is 0 Å². The maximum absolute atomic E-state index is 11.9. The molecule has 0 atom stereocenters. The number of aryl methyl sites for hydroxylation is 1. The minimum atomic E-state index is -0.794. The summed E-state index contributed by atoms with van der Waals surface area (Å²) in [5.41, 5.74) is 1.07. The number of aliphatic carboxylic acids is 1. The minimum Gasteiger partial charge on any atom is -0.495 e. The van der Waals surface area contributed by atoms with Crippen LogP contribution < -0.4 is 4.74 Å². The van der Waals surface area contributed by atoms with E-state index in [1.165, 1.54) is 0 Å².